The Morgan fingerprint density at radius 2 is 2.03 bits per heavy atom. The van der Waals surface area contributed by atoms with Gasteiger partial charge in [-0.05, 0) is 51.5 Å². The highest BCUT2D eigenvalue weighted by molar-refractivity contribution is 5.92. The van der Waals surface area contributed by atoms with Gasteiger partial charge in [0.25, 0.3) is 0 Å². The van der Waals surface area contributed by atoms with Crippen molar-refractivity contribution in [1.29, 1.82) is 0 Å². The van der Waals surface area contributed by atoms with Gasteiger partial charge in [-0.15, -0.1) is 0 Å². The summed E-state index contributed by atoms with van der Waals surface area (Å²) in [7, 11) is 1.54. The first kappa shape index (κ1) is 22.4. The zero-order valence-corrected chi connectivity index (χ0v) is 18.6. The molecule has 1 aromatic carbocycles. The molecule has 166 valence electrons. The van der Waals surface area contributed by atoms with Crippen molar-refractivity contribution in [3.8, 4) is 16.9 Å². The third-order valence-electron chi connectivity index (χ3n) is 4.51. The van der Waals surface area contributed by atoms with Crippen LogP contribution in [0.2, 0.25) is 0 Å². The Hall–Kier alpha value is -3.33. The van der Waals surface area contributed by atoms with Gasteiger partial charge < -0.3 is 19.9 Å². The Labute approximate surface area is 181 Å². The van der Waals surface area contributed by atoms with E-state index in [4.69, 9.17) is 19.9 Å². The molecule has 0 saturated carbocycles. The first-order chi connectivity index (χ1) is 14.7. The second kappa shape index (κ2) is 9.22. The molecule has 9 heteroatoms. The molecular formula is C22H29N5O4. The Morgan fingerprint density at radius 3 is 2.71 bits per heavy atom. The molecule has 0 atom stereocenters. The summed E-state index contributed by atoms with van der Waals surface area (Å²) >= 11 is 0. The van der Waals surface area contributed by atoms with Gasteiger partial charge in [-0.2, -0.15) is 5.10 Å². The van der Waals surface area contributed by atoms with Crippen molar-refractivity contribution >= 4 is 23.1 Å². The maximum Gasteiger partial charge on any atom is 0.412 e. The van der Waals surface area contributed by atoms with Gasteiger partial charge in [0.2, 0.25) is 0 Å². The minimum Gasteiger partial charge on any atom is -0.495 e. The number of aromatic nitrogens is 3. The standard InChI is InChI=1S/C22H29N5O4/c1-6-30-10-9-15-12-16(19-20(23)24-13-25-27(15)19)14-7-8-17(18(11-14)29-5)26-21(28)31-22(2,3)4/h7-8,11-13H,6,9-10H2,1-5H3,(H,26,28)(H2,23,24,25). The molecule has 0 spiro atoms. The number of fused-ring (bicyclic) bond motifs is 1. The maximum absolute atomic E-state index is 12.2. The lowest BCUT2D eigenvalue weighted by atomic mass is 10.1. The molecule has 0 bridgehead atoms. The smallest absolute Gasteiger partial charge is 0.412 e. The van der Waals surface area contributed by atoms with Crippen molar-refractivity contribution in [3.05, 3.63) is 36.3 Å². The maximum atomic E-state index is 12.2. The fourth-order valence-corrected chi connectivity index (χ4v) is 3.23. The van der Waals surface area contributed by atoms with E-state index in [1.54, 1.807) is 38.5 Å². The molecule has 0 unspecified atom stereocenters. The van der Waals surface area contributed by atoms with Gasteiger partial charge in [-0.1, -0.05) is 6.07 Å². The van der Waals surface area contributed by atoms with Gasteiger partial charge >= 0.3 is 6.09 Å². The number of nitrogens with one attached hydrogen (secondary N) is 1. The van der Waals surface area contributed by atoms with E-state index in [2.05, 4.69) is 15.4 Å². The van der Waals surface area contributed by atoms with Crippen LogP contribution in [0.1, 0.15) is 33.4 Å². The molecule has 31 heavy (non-hydrogen) atoms. The second-order valence-electron chi connectivity index (χ2n) is 7.94. The van der Waals surface area contributed by atoms with Crippen molar-refractivity contribution in [2.75, 3.05) is 31.4 Å². The lowest BCUT2D eigenvalue weighted by Gasteiger charge is -2.20. The zero-order valence-electron chi connectivity index (χ0n) is 18.6. The number of nitrogen functional groups attached to an aromatic ring is 1. The zero-order chi connectivity index (χ0) is 22.6. The van der Waals surface area contributed by atoms with Crippen LogP contribution < -0.4 is 15.8 Å². The summed E-state index contributed by atoms with van der Waals surface area (Å²) in [6.45, 7) is 8.60. The summed E-state index contributed by atoms with van der Waals surface area (Å²) in [6, 6.07) is 7.50. The van der Waals surface area contributed by atoms with Crippen LogP contribution in [-0.2, 0) is 15.9 Å². The summed E-state index contributed by atoms with van der Waals surface area (Å²) in [5.41, 5.74) is 9.48. The van der Waals surface area contributed by atoms with E-state index in [0.29, 0.717) is 42.4 Å². The fourth-order valence-electron chi connectivity index (χ4n) is 3.23. The Morgan fingerprint density at radius 1 is 1.26 bits per heavy atom. The molecule has 1 amide bonds. The van der Waals surface area contributed by atoms with Crippen molar-refractivity contribution in [3.63, 3.8) is 0 Å². The van der Waals surface area contributed by atoms with Crippen LogP contribution >= 0.6 is 0 Å². The molecule has 3 rings (SSSR count). The molecular weight excluding hydrogens is 398 g/mol. The highest BCUT2D eigenvalue weighted by atomic mass is 16.6. The van der Waals surface area contributed by atoms with Crippen LogP contribution in [0, 0.1) is 0 Å². The third-order valence-corrected chi connectivity index (χ3v) is 4.51. The highest BCUT2D eigenvalue weighted by Crippen LogP contribution is 2.35. The number of hydrogen-bond acceptors (Lipinski definition) is 7. The molecule has 0 aliphatic carbocycles. The van der Waals surface area contributed by atoms with Gasteiger partial charge in [0.05, 0.1) is 19.4 Å². The van der Waals surface area contributed by atoms with Crippen LogP contribution in [0.4, 0.5) is 16.3 Å². The quantitative estimate of drug-likeness (QED) is 0.550. The molecule has 9 nitrogen and oxygen atoms in total. The van der Waals surface area contributed by atoms with E-state index in [-0.39, 0.29) is 0 Å². The van der Waals surface area contributed by atoms with Gasteiger partial charge in [0, 0.05) is 24.3 Å². The summed E-state index contributed by atoms with van der Waals surface area (Å²) < 4.78 is 18.1. The number of nitrogens with zero attached hydrogens (tertiary/aromatic N) is 3. The summed E-state index contributed by atoms with van der Waals surface area (Å²) in [4.78, 5) is 16.3. The van der Waals surface area contributed by atoms with Crippen LogP contribution in [0.15, 0.2) is 30.6 Å². The van der Waals surface area contributed by atoms with E-state index in [0.717, 1.165) is 16.8 Å². The Bertz CT molecular complexity index is 1070. The number of methoxy groups -OCH3 is 1. The molecule has 0 fully saturated rings. The van der Waals surface area contributed by atoms with Gasteiger partial charge in [0.1, 0.15) is 23.2 Å². The molecule has 2 aromatic heterocycles. The molecule has 0 aliphatic rings. The molecule has 0 aliphatic heterocycles. The summed E-state index contributed by atoms with van der Waals surface area (Å²) in [5, 5.41) is 7.09. The van der Waals surface area contributed by atoms with Gasteiger partial charge in [-0.3, -0.25) is 5.32 Å². The molecule has 2 heterocycles. The van der Waals surface area contributed by atoms with E-state index in [1.807, 2.05) is 25.1 Å². The SMILES string of the molecule is CCOCCc1cc(-c2ccc(NC(=O)OC(C)(C)C)c(OC)c2)c2c(N)ncnn12. The topological polar surface area (TPSA) is 113 Å². The molecule has 0 radical (unpaired) electrons. The van der Waals surface area contributed by atoms with Gasteiger partial charge in [-0.25, -0.2) is 14.3 Å². The lowest BCUT2D eigenvalue weighted by molar-refractivity contribution is 0.0635. The van der Waals surface area contributed by atoms with E-state index >= 15 is 0 Å². The fraction of sp³-hybridized carbons (Fsp3) is 0.409. The van der Waals surface area contributed by atoms with Crippen LogP contribution in [-0.4, -0.2) is 46.6 Å². The second-order valence-corrected chi connectivity index (χ2v) is 7.94. The van der Waals surface area contributed by atoms with Gasteiger partial charge in [0.15, 0.2) is 5.82 Å². The predicted octanol–water partition coefficient (Wildman–Crippen LogP) is 3.91. The minimum atomic E-state index is -0.599. The van der Waals surface area contributed by atoms with E-state index in [1.165, 1.54) is 6.33 Å². The van der Waals surface area contributed by atoms with Crippen LogP contribution in [0.25, 0.3) is 16.6 Å². The highest BCUT2D eigenvalue weighted by Gasteiger charge is 2.19. The largest absolute Gasteiger partial charge is 0.495 e. The number of rotatable bonds is 7. The number of hydrogen-bond donors (Lipinski definition) is 2. The van der Waals surface area contributed by atoms with Crippen molar-refractivity contribution in [1.82, 2.24) is 14.6 Å². The number of nitrogens with two attached hydrogens (primary N) is 1. The summed E-state index contributed by atoms with van der Waals surface area (Å²) in [5.74, 6) is 0.872. The summed E-state index contributed by atoms with van der Waals surface area (Å²) in [6.07, 6.45) is 1.56. The number of amides is 1. The average Bonchev–Trinajstić information content (AvgIpc) is 3.07. The number of ether oxygens (including phenoxy) is 3. The lowest BCUT2D eigenvalue weighted by Crippen LogP contribution is -2.27. The first-order valence-electron chi connectivity index (χ1n) is 10.1. The Balaban J connectivity index is 1.98. The molecule has 3 N–H and O–H groups in total. The van der Waals surface area contributed by atoms with Crippen molar-refractivity contribution in [2.24, 2.45) is 0 Å². The average molecular weight is 428 g/mol. The van der Waals surface area contributed by atoms with Crippen molar-refractivity contribution < 1.29 is 19.0 Å². The predicted molar refractivity (Wildman–Crippen MR) is 119 cm³/mol. The monoisotopic (exact) mass is 427 g/mol. The number of carbonyl (C=O) groups is 1. The van der Waals surface area contributed by atoms with E-state index in [9.17, 15) is 4.79 Å². The number of carbonyl (C=O) groups excluding carboxylic acids is 1. The first-order valence-corrected chi connectivity index (χ1v) is 10.1. The van der Waals surface area contributed by atoms with Crippen molar-refractivity contribution in [2.45, 2.75) is 39.7 Å². The van der Waals surface area contributed by atoms with Crippen LogP contribution in [0.3, 0.4) is 0 Å². The normalized spacial score (nSPS) is 11.5. The molecule has 0 saturated heterocycles. The third kappa shape index (κ3) is 5.24. The molecule has 3 aromatic rings. The van der Waals surface area contributed by atoms with Crippen LogP contribution in [0.5, 0.6) is 5.75 Å². The van der Waals surface area contributed by atoms with E-state index < -0.39 is 11.7 Å². The Kier molecular flexibility index (Phi) is 6.65. The number of anilines is 2. The minimum absolute atomic E-state index is 0.377. The number of benzene rings is 1.